The maximum atomic E-state index is 12.7. The minimum Gasteiger partial charge on any atom is -0.334 e. The second kappa shape index (κ2) is 6.53. The number of carbonyl (C=O) groups excluding carboxylic acids is 1. The smallest absolute Gasteiger partial charge is 0.272 e. The van der Waals surface area contributed by atoms with Gasteiger partial charge in [-0.25, -0.2) is 0 Å². The molecule has 0 aliphatic carbocycles. The maximum Gasteiger partial charge on any atom is 0.272 e. The number of benzene rings is 1. The van der Waals surface area contributed by atoms with E-state index in [9.17, 15) is 4.79 Å². The van der Waals surface area contributed by atoms with E-state index in [1.165, 1.54) is 6.42 Å². The lowest BCUT2D eigenvalue weighted by Gasteiger charge is -2.34. The third kappa shape index (κ3) is 2.88. The van der Waals surface area contributed by atoms with E-state index in [2.05, 4.69) is 17.1 Å². The number of nitrogens with one attached hydrogen (secondary N) is 1. The zero-order valence-corrected chi connectivity index (χ0v) is 13.4. The Morgan fingerprint density at radius 2 is 2.23 bits per heavy atom. The summed E-state index contributed by atoms with van der Waals surface area (Å²) >= 11 is 6.19. The van der Waals surface area contributed by atoms with Crippen molar-refractivity contribution in [3.8, 4) is 11.3 Å². The van der Waals surface area contributed by atoms with Gasteiger partial charge in [-0.1, -0.05) is 36.7 Å². The van der Waals surface area contributed by atoms with Crippen LogP contribution < -0.4 is 0 Å². The molecule has 1 unspecified atom stereocenters. The predicted octanol–water partition coefficient (Wildman–Crippen LogP) is 4.13. The second-order valence-electron chi connectivity index (χ2n) is 5.70. The summed E-state index contributed by atoms with van der Waals surface area (Å²) in [6, 6.07) is 9.66. The van der Waals surface area contributed by atoms with Gasteiger partial charge in [0.2, 0.25) is 0 Å². The number of piperidine rings is 1. The molecule has 5 heteroatoms. The molecular weight excluding hydrogens is 298 g/mol. The Morgan fingerprint density at radius 1 is 1.41 bits per heavy atom. The van der Waals surface area contributed by atoms with Crippen LogP contribution in [0.15, 0.2) is 30.3 Å². The summed E-state index contributed by atoms with van der Waals surface area (Å²) in [5, 5.41) is 7.77. The summed E-state index contributed by atoms with van der Waals surface area (Å²) in [6.07, 6.45) is 4.37. The molecule has 1 aromatic heterocycles. The lowest BCUT2D eigenvalue weighted by Crippen LogP contribution is -2.43. The first-order chi connectivity index (χ1) is 10.7. The number of halogens is 1. The largest absolute Gasteiger partial charge is 0.334 e. The highest BCUT2D eigenvalue weighted by Crippen LogP contribution is 2.27. The van der Waals surface area contributed by atoms with Gasteiger partial charge in [0.05, 0.1) is 10.7 Å². The minimum atomic E-state index is 0.0392. The number of hydrogen-bond acceptors (Lipinski definition) is 2. The molecule has 116 valence electrons. The number of aromatic amines is 1. The van der Waals surface area contributed by atoms with Gasteiger partial charge in [0.25, 0.3) is 5.91 Å². The van der Waals surface area contributed by atoms with E-state index < -0.39 is 0 Å². The Morgan fingerprint density at radius 3 is 3.00 bits per heavy atom. The number of rotatable bonds is 3. The fourth-order valence-corrected chi connectivity index (χ4v) is 3.32. The van der Waals surface area contributed by atoms with Crippen molar-refractivity contribution < 1.29 is 4.79 Å². The molecule has 1 amide bonds. The van der Waals surface area contributed by atoms with Crippen molar-refractivity contribution in [1.82, 2.24) is 15.1 Å². The normalized spacial score (nSPS) is 18.5. The van der Waals surface area contributed by atoms with Gasteiger partial charge in [-0.2, -0.15) is 5.10 Å². The van der Waals surface area contributed by atoms with Crippen molar-refractivity contribution in [2.75, 3.05) is 6.54 Å². The van der Waals surface area contributed by atoms with Gasteiger partial charge in [-0.05, 0) is 37.8 Å². The zero-order valence-electron chi connectivity index (χ0n) is 12.7. The summed E-state index contributed by atoms with van der Waals surface area (Å²) in [5.41, 5.74) is 2.08. The van der Waals surface area contributed by atoms with E-state index in [1.54, 1.807) is 6.07 Å². The van der Waals surface area contributed by atoms with Crippen LogP contribution in [-0.2, 0) is 0 Å². The van der Waals surface area contributed by atoms with Crippen LogP contribution in [0.1, 0.15) is 43.1 Å². The Kier molecular flexibility index (Phi) is 4.48. The Bertz CT molecular complexity index is 667. The topological polar surface area (TPSA) is 49.0 Å². The first kappa shape index (κ1) is 15.1. The van der Waals surface area contributed by atoms with E-state index in [1.807, 2.05) is 29.2 Å². The number of carbonyl (C=O) groups is 1. The van der Waals surface area contributed by atoms with Crippen LogP contribution in [0.5, 0.6) is 0 Å². The minimum absolute atomic E-state index is 0.0392. The highest BCUT2D eigenvalue weighted by Gasteiger charge is 2.27. The molecule has 1 fully saturated rings. The number of amides is 1. The highest BCUT2D eigenvalue weighted by molar-refractivity contribution is 6.33. The number of H-pyrrole nitrogens is 1. The molecule has 0 radical (unpaired) electrons. The summed E-state index contributed by atoms with van der Waals surface area (Å²) in [4.78, 5) is 14.7. The molecule has 1 aliphatic heterocycles. The number of nitrogens with zero attached hydrogens (tertiary/aromatic N) is 2. The van der Waals surface area contributed by atoms with Gasteiger partial charge in [0, 0.05) is 18.2 Å². The summed E-state index contributed by atoms with van der Waals surface area (Å²) in [6.45, 7) is 2.97. The Balaban J connectivity index is 1.84. The third-order valence-corrected chi connectivity index (χ3v) is 4.65. The van der Waals surface area contributed by atoms with E-state index in [4.69, 9.17) is 11.6 Å². The first-order valence-electron chi connectivity index (χ1n) is 7.82. The molecule has 1 aromatic carbocycles. The maximum absolute atomic E-state index is 12.7. The number of hydrogen-bond donors (Lipinski definition) is 1. The molecule has 0 saturated carbocycles. The molecule has 2 heterocycles. The monoisotopic (exact) mass is 317 g/mol. The highest BCUT2D eigenvalue weighted by atomic mass is 35.5. The summed E-state index contributed by atoms with van der Waals surface area (Å²) in [5.74, 6) is 0.0392. The SMILES string of the molecule is CCC1CCCCN1C(=O)c1cc(-c2ccccc2Cl)n[nH]1. The second-order valence-corrected chi connectivity index (χ2v) is 6.11. The van der Waals surface area contributed by atoms with Crippen molar-refractivity contribution in [2.24, 2.45) is 0 Å². The van der Waals surface area contributed by atoms with E-state index in [-0.39, 0.29) is 5.91 Å². The average Bonchev–Trinajstić information content (AvgIpc) is 3.04. The van der Waals surface area contributed by atoms with Crippen LogP contribution in [0.4, 0.5) is 0 Å². The van der Waals surface area contributed by atoms with Crippen molar-refractivity contribution >= 4 is 17.5 Å². The Hall–Kier alpha value is -1.81. The molecule has 4 nitrogen and oxygen atoms in total. The lowest BCUT2D eigenvalue weighted by molar-refractivity contribution is 0.0602. The predicted molar refractivity (Wildman–Crippen MR) is 88.0 cm³/mol. The van der Waals surface area contributed by atoms with Crippen LogP contribution in [0, 0.1) is 0 Å². The molecule has 2 aromatic rings. The standard InChI is InChI=1S/C17H20ClN3O/c1-2-12-7-5-6-10-21(12)17(22)16-11-15(19-20-16)13-8-3-4-9-14(13)18/h3-4,8-9,11-12H,2,5-7,10H2,1H3,(H,19,20). The van der Waals surface area contributed by atoms with E-state index in [0.29, 0.717) is 22.5 Å². The molecule has 1 aliphatic rings. The van der Waals surface area contributed by atoms with Crippen LogP contribution in [0.2, 0.25) is 5.02 Å². The molecule has 22 heavy (non-hydrogen) atoms. The molecule has 0 bridgehead atoms. The fourth-order valence-electron chi connectivity index (χ4n) is 3.09. The third-order valence-electron chi connectivity index (χ3n) is 4.32. The lowest BCUT2D eigenvalue weighted by atomic mass is 9.99. The zero-order chi connectivity index (χ0) is 15.5. The van der Waals surface area contributed by atoms with Crippen molar-refractivity contribution in [1.29, 1.82) is 0 Å². The van der Waals surface area contributed by atoms with Crippen LogP contribution in [0.25, 0.3) is 11.3 Å². The van der Waals surface area contributed by atoms with Gasteiger partial charge < -0.3 is 4.90 Å². The molecule has 3 rings (SSSR count). The summed E-state index contributed by atoms with van der Waals surface area (Å²) in [7, 11) is 0. The van der Waals surface area contributed by atoms with Crippen molar-refractivity contribution in [2.45, 2.75) is 38.6 Å². The molecular formula is C17H20ClN3O. The van der Waals surface area contributed by atoms with Crippen molar-refractivity contribution in [3.63, 3.8) is 0 Å². The quantitative estimate of drug-likeness (QED) is 0.925. The molecule has 0 spiro atoms. The van der Waals surface area contributed by atoms with Crippen molar-refractivity contribution in [3.05, 3.63) is 41.0 Å². The van der Waals surface area contributed by atoms with Crippen LogP contribution in [0.3, 0.4) is 0 Å². The summed E-state index contributed by atoms with van der Waals surface area (Å²) < 4.78 is 0. The van der Waals surface area contributed by atoms with E-state index in [0.717, 1.165) is 31.4 Å². The Labute approximate surface area is 135 Å². The van der Waals surface area contributed by atoms with Gasteiger partial charge in [0.1, 0.15) is 5.69 Å². The first-order valence-corrected chi connectivity index (χ1v) is 8.19. The van der Waals surface area contributed by atoms with Gasteiger partial charge in [0.15, 0.2) is 0 Å². The number of likely N-dealkylation sites (tertiary alicyclic amines) is 1. The molecule has 1 atom stereocenters. The molecule has 1 saturated heterocycles. The fraction of sp³-hybridized carbons (Fsp3) is 0.412. The van der Waals surface area contributed by atoms with Gasteiger partial charge in [-0.15, -0.1) is 0 Å². The van der Waals surface area contributed by atoms with E-state index >= 15 is 0 Å². The van der Waals surface area contributed by atoms with Crippen LogP contribution in [-0.4, -0.2) is 33.6 Å². The average molecular weight is 318 g/mol. The number of aromatic nitrogens is 2. The van der Waals surface area contributed by atoms with Gasteiger partial charge in [-0.3, -0.25) is 9.89 Å². The van der Waals surface area contributed by atoms with Gasteiger partial charge >= 0.3 is 0 Å². The van der Waals surface area contributed by atoms with Crippen LogP contribution >= 0.6 is 11.6 Å². The molecule has 1 N–H and O–H groups in total.